The quantitative estimate of drug-likeness (QED) is 0.317. The predicted octanol–water partition coefficient (Wildman–Crippen LogP) is 5.40. The molecule has 7 nitrogen and oxygen atoms in total. The van der Waals surface area contributed by atoms with E-state index in [4.69, 9.17) is 21.1 Å². The smallest absolute Gasteiger partial charge is 0.275 e. The Kier molecular flexibility index (Phi) is 5.85. The topological polar surface area (TPSA) is 71.2 Å². The number of fused-ring (bicyclic) bond motifs is 1. The minimum atomic E-state index is -0.144. The van der Waals surface area contributed by atoms with Crippen LogP contribution in [0.2, 0.25) is 5.02 Å². The molecular weight excluding hydrogens is 472 g/mol. The van der Waals surface area contributed by atoms with E-state index in [9.17, 15) is 4.79 Å². The second-order valence-corrected chi connectivity index (χ2v) is 9.26. The number of thiophene rings is 1. The molecule has 0 amide bonds. The second kappa shape index (κ2) is 8.96. The van der Waals surface area contributed by atoms with Gasteiger partial charge >= 0.3 is 0 Å². The van der Waals surface area contributed by atoms with Crippen LogP contribution < -0.4 is 15.0 Å². The van der Waals surface area contributed by atoms with Crippen molar-refractivity contribution in [3.8, 4) is 27.6 Å². The molecule has 0 saturated carbocycles. The molecule has 0 atom stereocenters. The molecule has 0 aliphatic heterocycles. The number of rotatable bonds is 6. The van der Waals surface area contributed by atoms with Gasteiger partial charge < -0.3 is 9.47 Å². The van der Waals surface area contributed by atoms with E-state index in [2.05, 4.69) is 10.1 Å². The molecule has 0 N–H and O–H groups in total. The van der Waals surface area contributed by atoms with E-state index in [1.807, 2.05) is 56.4 Å². The first-order valence-electron chi connectivity index (χ1n) is 10.5. The lowest BCUT2D eigenvalue weighted by Crippen LogP contribution is -2.17. The zero-order chi connectivity index (χ0) is 23.8. The lowest BCUT2D eigenvalue weighted by molar-refractivity contribution is 0.279. The highest BCUT2D eigenvalue weighted by molar-refractivity contribution is 7.22. The number of aromatic nitrogens is 4. The van der Waals surface area contributed by atoms with Gasteiger partial charge in [0, 0.05) is 28.7 Å². The summed E-state index contributed by atoms with van der Waals surface area (Å²) >= 11 is 7.41. The molecule has 34 heavy (non-hydrogen) atoms. The van der Waals surface area contributed by atoms with Crippen molar-refractivity contribution in [3.05, 3.63) is 87.7 Å². The fourth-order valence-electron chi connectivity index (χ4n) is 3.64. The largest absolute Gasteiger partial charge is 0.493 e. The normalized spacial score (nSPS) is 11.2. The van der Waals surface area contributed by atoms with Crippen LogP contribution in [0.1, 0.15) is 11.4 Å². The summed E-state index contributed by atoms with van der Waals surface area (Å²) in [6, 6.07) is 16.8. The molecule has 0 bridgehead atoms. The minimum Gasteiger partial charge on any atom is -0.493 e. The molecule has 5 rings (SSSR count). The van der Waals surface area contributed by atoms with Crippen LogP contribution in [0, 0.1) is 6.92 Å². The first-order chi connectivity index (χ1) is 16.4. The van der Waals surface area contributed by atoms with E-state index in [1.165, 1.54) is 22.2 Å². The molecule has 0 radical (unpaired) electrons. The summed E-state index contributed by atoms with van der Waals surface area (Å²) in [5, 5.41) is 5.07. The molecule has 2 aromatic carbocycles. The summed E-state index contributed by atoms with van der Waals surface area (Å²) in [4.78, 5) is 18.8. The Labute approximate surface area is 204 Å². The van der Waals surface area contributed by atoms with Gasteiger partial charge in [0.15, 0.2) is 11.5 Å². The van der Waals surface area contributed by atoms with E-state index < -0.39 is 0 Å². The Morgan fingerprint density at radius 2 is 1.85 bits per heavy atom. The molecule has 172 valence electrons. The summed E-state index contributed by atoms with van der Waals surface area (Å²) in [7, 11) is 3.46. The van der Waals surface area contributed by atoms with Crippen molar-refractivity contribution in [2.75, 3.05) is 7.11 Å². The van der Waals surface area contributed by atoms with Gasteiger partial charge in [0.2, 0.25) is 0 Å². The maximum absolute atomic E-state index is 13.3. The van der Waals surface area contributed by atoms with Gasteiger partial charge in [-0.05, 0) is 48.9 Å². The Morgan fingerprint density at radius 1 is 1.06 bits per heavy atom. The SMILES string of the molecule is COc1cc(-n2cnc3cc(-c4ccc(Cl)cc4)sc3c2=O)ccc1OCc1cc(C)n(C)n1. The third-order valence-corrected chi connectivity index (χ3v) is 6.95. The average Bonchev–Trinajstić information content (AvgIpc) is 3.42. The highest BCUT2D eigenvalue weighted by Gasteiger charge is 2.14. The number of hydrogen-bond donors (Lipinski definition) is 0. The molecule has 0 aliphatic carbocycles. The summed E-state index contributed by atoms with van der Waals surface area (Å²) in [5.41, 5.74) is 4.02. The standard InChI is InChI=1S/C25H21ClN4O3S/c1-15-10-18(28-29(15)2)13-33-21-9-8-19(11-22(21)32-3)30-14-27-20-12-23(34-24(20)25(30)31)16-4-6-17(26)7-5-16/h4-12,14H,13H2,1-3H3. The van der Waals surface area contributed by atoms with Crippen LogP contribution in [0.15, 0.2) is 65.7 Å². The number of aryl methyl sites for hydroxylation is 2. The monoisotopic (exact) mass is 492 g/mol. The molecule has 9 heteroatoms. The molecule has 3 heterocycles. The molecule has 0 fully saturated rings. The molecule has 3 aromatic heterocycles. The number of hydrogen-bond acceptors (Lipinski definition) is 6. The van der Waals surface area contributed by atoms with Gasteiger partial charge in [-0.15, -0.1) is 11.3 Å². The van der Waals surface area contributed by atoms with Crippen LogP contribution in [0.3, 0.4) is 0 Å². The lowest BCUT2D eigenvalue weighted by Gasteiger charge is -2.12. The molecule has 0 spiro atoms. The first kappa shape index (κ1) is 22.2. The summed E-state index contributed by atoms with van der Waals surface area (Å²) < 4.78 is 15.3. The van der Waals surface area contributed by atoms with Crippen LogP contribution in [0.25, 0.3) is 26.3 Å². The van der Waals surface area contributed by atoms with Crippen molar-refractivity contribution in [1.29, 1.82) is 0 Å². The summed E-state index contributed by atoms with van der Waals surface area (Å²) in [5.74, 6) is 1.09. The van der Waals surface area contributed by atoms with Crippen molar-refractivity contribution in [2.24, 2.45) is 7.05 Å². The fourth-order valence-corrected chi connectivity index (χ4v) is 4.81. The zero-order valence-corrected chi connectivity index (χ0v) is 20.4. The van der Waals surface area contributed by atoms with E-state index in [0.29, 0.717) is 39.0 Å². The summed E-state index contributed by atoms with van der Waals surface area (Å²) in [6.07, 6.45) is 1.54. The van der Waals surface area contributed by atoms with Gasteiger partial charge in [-0.2, -0.15) is 5.10 Å². The number of benzene rings is 2. The Balaban J connectivity index is 1.46. The van der Waals surface area contributed by atoms with Gasteiger partial charge in [-0.1, -0.05) is 23.7 Å². The van der Waals surface area contributed by atoms with Crippen molar-refractivity contribution in [1.82, 2.24) is 19.3 Å². The molecule has 0 unspecified atom stereocenters. The zero-order valence-electron chi connectivity index (χ0n) is 18.8. The maximum atomic E-state index is 13.3. The number of ether oxygens (including phenoxy) is 2. The third kappa shape index (κ3) is 4.18. The third-order valence-electron chi connectivity index (χ3n) is 5.53. The van der Waals surface area contributed by atoms with E-state index in [0.717, 1.165) is 21.8 Å². The molecular formula is C25H21ClN4O3S. The van der Waals surface area contributed by atoms with Crippen LogP contribution in [0.4, 0.5) is 0 Å². The van der Waals surface area contributed by atoms with E-state index in [-0.39, 0.29) is 5.56 Å². The van der Waals surface area contributed by atoms with Gasteiger partial charge in [-0.3, -0.25) is 14.0 Å². The Bertz CT molecular complexity index is 1530. The Morgan fingerprint density at radius 3 is 2.56 bits per heavy atom. The van der Waals surface area contributed by atoms with Crippen LogP contribution in [-0.4, -0.2) is 26.4 Å². The first-order valence-corrected chi connectivity index (χ1v) is 11.7. The van der Waals surface area contributed by atoms with E-state index in [1.54, 1.807) is 23.9 Å². The minimum absolute atomic E-state index is 0.144. The molecule has 5 aromatic rings. The highest BCUT2D eigenvalue weighted by atomic mass is 35.5. The van der Waals surface area contributed by atoms with Crippen molar-refractivity contribution in [2.45, 2.75) is 13.5 Å². The average molecular weight is 493 g/mol. The van der Waals surface area contributed by atoms with Crippen LogP contribution in [-0.2, 0) is 13.7 Å². The Hall–Kier alpha value is -3.62. The second-order valence-electron chi connectivity index (χ2n) is 7.78. The lowest BCUT2D eigenvalue weighted by atomic mass is 10.2. The summed E-state index contributed by atoms with van der Waals surface area (Å²) in [6.45, 7) is 2.30. The predicted molar refractivity (Wildman–Crippen MR) is 134 cm³/mol. The number of halogens is 1. The molecule has 0 aliphatic rings. The van der Waals surface area contributed by atoms with Crippen LogP contribution >= 0.6 is 22.9 Å². The highest BCUT2D eigenvalue weighted by Crippen LogP contribution is 2.33. The van der Waals surface area contributed by atoms with Gasteiger partial charge in [0.1, 0.15) is 23.3 Å². The van der Waals surface area contributed by atoms with Crippen molar-refractivity contribution >= 4 is 33.2 Å². The van der Waals surface area contributed by atoms with Gasteiger partial charge in [-0.25, -0.2) is 4.98 Å². The molecule has 0 saturated heterocycles. The van der Waals surface area contributed by atoms with E-state index >= 15 is 0 Å². The maximum Gasteiger partial charge on any atom is 0.275 e. The van der Waals surface area contributed by atoms with Crippen molar-refractivity contribution in [3.63, 3.8) is 0 Å². The number of methoxy groups -OCH3 is 1. The van der Waals surface area contributed by atoms with Crippen molar-refractivity contribution < 1.29 is 9.47 Å². The number of nitrogens with zero attached hydrogens (tertiary/aromatic N) is 4. The fraction of sp³-hybridized carbons (Fsp3) is 0.160. The van der Waals surface area contributed by atoms with Crippen LogP contribution in [0.5, 0.6) is 11.5 Å². The van der Waals surface area contributed by atoms with Gasteiger partial charge in [0.25, 0.3) is 5.56 Å². The van der Waals surface area contributed by atoms with Gasteiger partial charge in [0.05, 0.1) is 18.3 Å².